The first-order valence-electron chi connectivity index (χ1n) is 7.32. The molecule has 2 aromatic heterocycles. The van der Waals surface area contributed by atoms with Gasteiger partial charge in [-0.05, 0) is 62.2 Å². The zero-order valence-electron chi connectivity index (χ0n) is 13.7. The Balaban J connectivity index is 2.26. The minimum Gasteiger partial charge on any atom is -0.467 e. The van der Waals surface area contributed by atoms with Crippen LogP contribution in [0.5, 0.6) is 0 Å². The van der Waals surface area contributed by atoms with Crippen LogP contribution in [-0.2, 0) is 12.1 Å². The first-order valence-corrected chi connectivity index (χ1v) is 8.11. The highest BCUT2D eigenvalue weighted by molar-refractivity contribution is 9.10. The molecule has 2 heterocycles. The standard InChI is InChI=1S/C16H22BrN3O2/c1-6-19(10-13-11(2)7-8-22-13)15(21)12-9-18-20(14(12)17)16(3,4)5/h7-9H,6,10H2,1-5H3. The van der Waals surface area contributed by atoms with Gasteiger partial charge in [-0.1, -0.05) is 0 Å². The Morgan fingerprint density at radius 1 is 1.45 bits per heavy atom. The molecule has 0 atom stereocenters. The van der Waals surface area contributed by atoms with Gasteiger partial charge >= 0.3 is 0 Å². The fraction of sp³-hybridized carbons (Fsp3) is 0.500. The molecule has 1 amide bonds. The van der Waals surface area contributed by atoms with Gasteiger partial charge in [0.1, 0.15) is 10.4 Å². The van der Waals surface area contributed by atoms with Crippen molar-refractivity contribution in [1.29, 1.82) is 0 Å². The third kappa shape index (κ3) is 3.27. The van der Waals surface area contributed by atoms with Crippen LogP contribution in [0.4, 0.5) is 0 Å². The smallest absolute Gasteiger partial charge is 0.258 e. The van der Waals surface area contributed by atoms with E-state index >= 15 is 0 Å². The average Bonchev–Trinajstić information content (AvgIpc) is 3.01. The number of carbonyl (C=O) groups is 1. The molecule has 0 spiro atoms. The highest BCUT2D eigenvalue weighted by atomic mass is 79.9. The van der Waals surface area contributed by atoms with Crippen LogP contribution in [-0.4, -0.2) is 27.1 Å². The molecule has 120 valence electrons. The monoisotopic (exact) mass is 367 g/mol. The minimum absolute atomic E-state index is 0.0549. The maximum Gasteiger partial charge on any atom is 0.258 e. The number of aromatic nitrogens is 2. The van der Waals surface area contributed by atoms with Crippen LogP contribution in [0.3, 0.4) is 0 Å². The van der Waals surface area contributed by atoms with Crippen LogP contribution in [0.15, 0.2) is 27.5 Å². The number of halogens is 1. The van der Waals surface area contributed by atoms with E-state index in [9.17, 15) is 4.79 Å². The maximum atomic E-state index is 12.8. The van der Waals surface area contributed by atoms with Gasteiger partial charge in [-0.3, -0.25) is 9.48 Å². The molecule has 0 N–H and O–H groups in total. The summed E-state index contributed by atoms with van der Waals surface area (Å²) in [6.07, 6.45) is 3.27. The van der Waals surface area contributed by atoms with E-state index in [0.717, 1.165) is 11.3 Å². The Morgan fingerprint density at radius 2 is 2.14 bits per heavy atom. The molecule has 0 fully saturated rings. The van der Waals surface area contributed by atoms with Gasteiger partial charge in [0.05, 0.1) is 30.1 Å². The third-order valence-corrected chi connectivity index (χ3v) is 4.31. The lowest BCUT2D eigenvalue weighted by atomic mass is 10.1. The molecular formula is C16H22BrN3O2. The molecule has 2 rings (SSSR count). The molecule has 5 nitrogen and oxygen atoms in total. The second-order valence-electron chi connectivity index (χ2n) is 6.28. The lowest BCUT2D eigenvalue weighted by Gasteiger charge is -2.22. The summed E-state index contributed by atoms with van der Waals surface area (Å²) in [5.74, 6) is 0.759. The zero-order chi connectivity index (χ0) is 16.5. The first-order chi connectivity index (χ1) is 10.3. The van der Waals surface area contributed by atoms with E-state index in [4.69, 9.17) is 4.42 Å². The van der Waals surface area contributed by atoms with Crippen molar-refractivity contribution < 1.29 is 9.21 Å². The molecule has 0 saturated carbocycles. The van der Waals surface area contributed by atoms with Crippen LogP contribution in [0.1, 0.15) is 49.4 Å². The molecule has 0 radical (unpaired) electrons. The fourth-order valence-corrected chi connectivity index (χ4v) is 3.08. The second-order valence-corrected chi connectivity index (χ2v) is 7.03. The Kier molecular flexibility index (Phi) is 4.80. The Hall–Kier alpha value is -1.56. The summed E-state index contributed by atoms with van der Waals surface area (Å²) in [6, 6.07) is 1.90. The first kappa shape index (κ1) is 16.8. The summed E-state index contributed by atoms with van der Waals surface area (Å²) < 4.78 is 7.97. The summed E-state index contributed by atoms with van der Waals surface area (Å²) in [5, 5.41) is 4.34. The van der Waals surface area contributed by atoms with Gasteiger partial charge in [-0.15, -0.1) is 0 Å². The number of furan rings is 1. The Bertz CT molecular complexity index is 667. The molecule has 0 saturated heterocycles. The van der Waals surface area contributed by atoms with Gasteiger partial charge in [0.25, 0.3) is 5.91 Å². The van der Waals surface area contributed by atoms with Gasteiger partial charge in [-0.25, -0.2) is 0 Å². The van der Waals surface area contributed by atoms with E-state index in [-0.39, 0.29) is 11.4 Å². The fourth-order valence-electron chi connectivity index (χ4n) is 2.18. The van der Waals surface area contributed by atoms with Crippen LogP contribution in [0, 0.1) is 6.92 Å². The lowest BCUT2D eigenvalue weighted by molar-refractivity contribution is 0.0739. The van der Waals surface area contributed by atoms with E-state index in [0.29, 0.717) is 23.3 Å². The van der Waals surface area contributed by atoms with Gasteiger partial charge in [0, 0.05) is 6.54 Å². The molecule has 0 unspecified atom stereocenters. The molecule has 22 heavy (non-hydrogen) atoms. The predicted octanol–water partition coefficient (Wildman–Crippen LogP) is 3.96. The predicted molar refractivity (Wildman–Crippen MR) is 88.8 cm³/mol. The summed E-state index contributed by atoms with van der Waals surface area (Å²) >= 11 is 3.51. The van der Waals surface area contributed by atoms with Crippen LogP contribution in [0.25, 0.3) is 0 Å². The molecule has 0 aliphatic rings. The number of hydrogen-bond donors (Lipinski definition) is 0. The third-order valence-electron chi connectivity index (χ3n) is 3.55. The van der Waals surface area contributed by atoms with Crippen molar-refractivity contribution in [3.63, 3.8) is 0 Å². The van der Waals surface area contributed by atoms with Crippen molar-refractivity contribution in [2.24, 2.45) is 0 Å². The zero-order valence-corrected chi connectivity index (χ0v) is 15.3. The average molecular weight is 368 g/mol. The SMILES string of the molecule is CCN(Cc1occc1C)C(=O)c1cnn(C(C)(C)C)c1Br. The molecule has 6 heteroatoms. The number of rotatable bonds is 4. The normalized spacial score (nSPS) is 11.7. The van der Waals surface area contributed by atoms with E-state index in [1.165, 1.54) is 0 Å². The largest absolute Gasteiger partial charge is 0.467 e. The minimum atomic E-state index is -0.188. The Morgan fingerprint density at radius 3 is 2.59 bits per heavy atom. The van der Waals surface area contributed by atoms with Crippen LogP contribution < -0.4 is 0 Å². The molecule has 0 bridgehead atoms. The summed E-state index contributed by atoms with van der Waals surface area (Å²) in [4.78, 5) is 14.5. The number of hydrogen-bond acceptors (Lipinski definition) is 3. The van der Waals surface area contributed by atoms with Crippen LogP contribution >= 0.6 is 15.9 Å². The molecule has 2 aromatic rings. The van der Waals surface area contributed by atoms with Gasteiger partial charge in [-0.2, -0.15) is 5.10 Å². The van der Waals surface area contributed by atoms with Crippen molar-refractivity contribution >= 4 is 21.8 Å². The van der Waals surface area contributed by atoms with Gasteiger partial charge < -0.3 is 9.32 Å². The molecule has 0 aliphatic carbocycles. The molecule has 0 aliphatic heterocycles. The van der Waals surface area contributed by atoms with Gasteiger partial charge in [0.2, 0.25) is 0 Å². The van der Waals surface area contributed by atoms with Crippen molar-refractivity contribution in [2.75, 3.05) is 6.54 Å². The van der Waals surface area contributed by atoms with Crippen molar-refractivity contribution in [3.8, 4) is 0 Å². The van der Waals surface area contributed by atoms with E-state index in [1.54, 1.807) is 17.4 Å². The maximum absolute atomic E-state index is 12.8. The van der Waals surface area contributed by atoms with Gasteiger partial charge in [0.15, 0.2) is 0 Å². The summed E-state index contributed by atoms with van der Waals surface area (Å²) in [7, 11) is 0. The van der Waals surface area contributed by atoms with Crippen LogP contribution in [0.2, 0.25) is 0 Å². The lowest BCUT2D eigenvalue weighted by Crippen LogP contribution is -2.31. The molecule has 0 aromatic carbocycles. The number of amides is 1. The topological polar surface area (TPSA) is 51.3 Å². The number of nitrogens with zero attached hydrogens (tertiary/aromatic N) is 3. The van der Waals surface area contributed by atoms with E-state index in [1.807, 2.05) is 45.4 Å². The highest BCUT2D eigenvalue weighted by Crippen LogP contribution is 2.25. The Labute approximate surface area is 139 Å². The van der Waals surface area contributed by atoms with E-state index in [2.05, 4.69) is 21.0 Å². The quantitative estimate of drug-likeness (QED) is 0.821. The van der Waals surface area contributed by atoms with Crippen molar-refractivity contribution in [2.45, 2.75) is 46.7 Å². The van der Waals surface area contributed by atoms with Crippen molar-refractivity contribution in [1.82, 2.24) is 14.7 Å². The highest BCUT2D eigenvalue weighted by Gasteiger charge is 2.25. The number of carbonyl (C=O) groups excluding carboxylic acids is 1. The summed E-state index contributed by atoms with van der Waals surface area (Å²) in [6.45, 7) is 11.1. The second kappa shape index (κ2) is 6.28. The van der Waals surface area contributed by atoms with E-state index < -0.39 is 0 Å². The van der Waals surface area contributed by atoms with Crippen molar-refractivity contribution in [3.05, 3.63) is 40.0 Å². The number of aryl methyl sites for hydroxylation is 1. The molecular weight excluding hydrogens is 346 g/mol. The summed E-state index contributed by atoms with van der Waals surface area (Å²) in [5.41, 5.74) is 1.43.